The molecule has 0 fully saturated rings. The molecular formula is C8H13N4OS. The lowest BCUT2D eigenvalue weighted by molar-refractivity contribution is -0.121. The highest BCUT2D eigenvalue weighted by Gasteiger charge is 2.07. The molecule has 0 spiro atoms. The molecule has 0 aliphatic carbocycles. The van der Waals surface area contributed by atoms with Gasteiger partial charge in [0.05, 0.1) is 0 Å². The van der Waals surface area contributed by atoms with Gasteiger partial charge < -0.3 is 10.7 Å². The lowest BCUT2D eigenvalue weighted by atomic mass is 10.1. The molecule has 1 radical (unpaired) electrons. The number of aromatic amines is 1. The molecule has 0 bridgehead atoms. The summed E-state index contributed by atoms with van der Waals surface area (Å²) in [5, 5.41) is 8.25. The Hall–Kier alpha value is -1.04. The molecule has 1 rings (SSSR count). The van der Waals surface area contributed by atoms with Crippen molar-refractivity contribution in [2.24, 2.45) is 11.7 Å². The third-order valence-electron chi connectivity index (χ3n) is 1.74. The summed E-state index contributed by atoms with van der Waals surface area (Å²) in [4.78, 5) is 13.6. The fraction of sp³-hybridized carbons (Fsp3) is 0.500. The number of carbonyl (C=O) groups is 1. The van der Waals surface area contributed by atoms with E-state index in [1.165, 1.54) is 6.33 Å². The highest BCUT2D eigenvalue weighted by Crippen LogP contribution is 2.14. The van der Waals surface area contributed by atoms with E-state index in [1.807, 2.05) is 13.3 Å². The molecule has 1 heterocycles. The highest BCUT2D eigenvalue weighted by atomic mass is 32.2. The first-order valence-electron chi connectivity index (χ1n) is 4.30. The largest absolute Gasteiger partial charge is 0.369 e. The van der Waals surface area contributed by atoms with E-state index < -0.39 is 0 Å². The maximum Gasteiger partial charge on any atom is 0.220 e. The van der Waals surface area contributed by atoms with Crippen LogP contribution in [-0.4, -0.2) is 26.8 Å². The van der Waals surface area contributed by atoms with E-state index in [4.69, 9.17) is 5.73 Å². The van der Waals surface area contributed by atoms with E-state index >= 15 is 0 Å². The van der Waals surface area contributed by atoms with E-state index in [-0.39, 0.29) is 11.8 Å². The van der Waals surface area contributed by atoms with Gasteiger partial charge in [0.2, 0.25) is 5.91 Å². The lowest BCUT2D eigenvalue weighted by Crippen LogP contribution is -2.20. The molecule has 77 valence electrons. The zero-order valence-electron chi connectivity index (χ0n) is 7.93. The van der Waals surface area contributed by atoms with Gasteiger partial charge >= 0.3 is 0 Å². The molecule has 1 atom stereocenters. The Morgan fingerprint density at radius 2 is 2.64 bits per heavy atom. The highest BCUT2D eigenvalue weighted by molar-refractivity contribution is 7.99. The Kier molecular flexibility index (Phi) is 4.45. The molecule has 1 amide bonds. The van der Waals surface area contributed by atoms with Crippen LogP contribution < -0.4 is 5.73 Å². The van der Waals surface area contributed by atoms with Crippen molar-refractivity contribution in [3.05, 3.63) is 12.7 Å². The second-order valence-electron chi connectivity index (χ2n) is 2.93. The number of primary amides is 1. The molecule has 0 aliphatic heterocycles. The fourth-order valence-electron chi connectivity index (χ4n) is 0.837. The van der Waals surface area contributed by atoms with Crippen molar-refractivity contribution >= 4 is 17.7 Å². The van der Waals surface area contributed by atoms with Crippen LogP contribution in [-0.2, 0) is 4.79 Å². The van der Waals surface area contributed by atoms with Crippen LogP contribution in [0.1, 0.15) is 13.3 Å². The maximum atomic E-state index is 10.7. The molecule has 1 aromatic heterocycles. The topological polar surface area (TPSA) is 84.7 Å². The quantitative estimate of drug-likeness (QED) is 0.535. The molecule has 0 unspecified atom stereocenters. The first-order valence-corrected chi connectivity index (χ1v) is 5.28. The number of amides is 1. The standard InChI is InChI=1S/C8H13N4OS/c1-6(7(9)13)3-2-4-14-8-10-5-11-12-8/h2,5-6H,3-4H2,1H3,(H2,9,13)(H,10,11,12)/t6-/m0/s1. The van der Waals surface area contributed by atoms with Crippen LogP contribution in [0.5, 0.6) is 0 Å². The average molecular weight is 213 g/mol. The summed E-state index contributed by atoms with van der Waals surface area (Å²) in [5.41, 5.74) is 5.12. The third kappa shape index (κ3) is 3.78. The molecule has 5 nitrogen and oxygen atoms in total. The van der Waals surface area contributed by atoms with Crippen molar-refractivity contribution in [2.75, 3.05) is 5.75 Å². The minimum absolute atomic E-state index is 0.0923. The number of hydrogen-bond acceptors (Lipinski definition) is 4. The average Bonchev–Trinajstić information content (AvgIpc) is 2.64. The SMILES string of the molecule is C[C@@H](C[CH]CSc1nnc[nH]1)C(N)=O. The van der Waals surface area contributed by atoms with Gasteiger partial charge in [-0.25, -0.2) is 0 Å². The fourth-order valence-corrected chi connectivity index (χ4v) is 1.49. The third-order valence-corrected chi connectivity index (χ3v) is 2.61. The van der Waals surface area contributed by atoms with E-state index in [0.29, 0.717) is 6.42 Å². The van der Waals surface area contributed by atoms with E-state index in [0.717, 1.165) is 10.9 Å². The van der Waals surface area contributed by atoms with Gasteiger partial charge in [0.1, 0.15) is 6.33 Å². The summed E-state index contributed by atoms with van der Waals surface area (Å²) < 4.78 is 0. The summed E-state index contributed by atoms with van der Waals surface area (Å²) in [6.45, 7) is 1.82. The van der Waals surface area contributed by atoms with Crippen molar-refractivity contribution in [3.8, 4) is 0 Å². The Morgan fingerprint density at radius 3 is 3.21 bits per heavy atom. The normalized spacial score (nSPS) is 12.6. The molecule has 6 heteroatoms. The Morgan fingerprint density at radius 1 is 1.86 bits per heavy atom. The smallest absolute Gasteiger partial charge is 0.220 e. The Bertz CT molecular complexity index is 275. The van der Waals surface area contributed by atoms with Gasteiger partial charge in [0.15, 0.2) is 5.16 Å². The van der Waals surface area contributed by atoms with Gasteiger partial charge in [-0.2, -0.15) is 0 Å². The van der Waals surface area contributed by atoms with Crippen LogP contribution in [0.2, 0.25) is 0 Å². The van der Waals surface area contributed by atoms with Gasteiger partial charge in [0.25, 0.3) is 0 Å². The number of nitrogens with two attached hydrogens (primary N) is 1. The van der Waals surface area contributed by atoms with Crippen LogP contribution in [0.4, 0.5) is 0 Å². The maximum absolute atomic E-state index is 10.7. The van der Waals surface area contributed by atoms with Crippen LogP contribution in [0.25, 0.3) is 0 Å². The number of thioether (sulfide) groups is 1. The molecule has 0 saturated heterocycles. The zero-order valence-corrected chi connectivity index (χ0v) is 8.75. The first kappa shape index (κ1) is 11.0. The predicted octanol–water partition coefficient (Wildman–Crippen LogP) is 0.613. The Balaban J connectivity index is 2.08. The van der Waals surface area contributed by atoms with E-state index in [2.05, 4.69) is 15.2 Å². The minimum atomic E-state index is -0.258. The molecule has 0 aliphatic rings. The summed E-state index contributed by atoms with van der Waals surface area (Å²) in [6.07, 6.45) is 4.26. The van der Waals surface area contributed by atoms with Crippen molar-refractivity contribution in [3.63, 3.8) is 0 Å². The predicted molar refractivity (Wildman–Crippen MR) is 54.4 cm³/mol. The molecule has 1 aromatic rings. The molecule has 0 saturated carbocycles. The summed E-state index contributed by atoms with van der Waals surface area (Å²) in [5.74, 6) is 0.448. The number of H-pyrrole nitrogens is 1. The number of rotatable bonds is 6. The van der Waals surface area contributed by atoms with Crippen LogP contribution in [0, 0.1) is 12.3 Å². The molecular weight excluding hydrogens is 200 g/mol. The second-order valence-corrected chi connectivity index (χ2v) is 3.94. The number of nitrogens with one attached hydrogen (secondary N) is 1. The summed E-state index contributed by atoms with van der Waals surface area (Å²) in [6, 6.07) is 0. The van der Waals surface area contributed by atoms with E-state index in [1.54, 1.807) is 11.8 Å². The van der Waals surface area contributed by atoms with Gasteiger partial charge in [-0.05, 0) is 12.8 Å². The van der Waals surface area contributed by atoms with Gasteiger partial charge in [-0.15, -0.1) is 10.2 Å². The molecule has 3 N–H and O–H groups in total. The number of nitrogens with zero attached hydrogens (tertiary/aromatic N) is 2. The second kappa shape index (κ2) is 5.64. The number of hydrogen-bond donors (Lipinski definition) is 2. The number of aromatic nitrogens is 3. The van der Waals surface area contributed by atoms with Crippen molar-refractivity contribution in [1.82, 2.24) is 15.2 Å². The Labute approximate surface area is 86.9 Å². The summed E-state index contributed by atoms with van der Waals surface area (Å²) >= 11 is 1.54. The van der Waals surface area contributed by atoms with Gasteiger partial charge in [0, 0.05) is 11.7 Å². The lowest BCUT2D eigenvalue weighted by Gasteiger charge is -2.04. The monoisotopic (exact) mass is 213 g/mol. The molecule has 0 aromatic carbocycles. The van der Waals surface area contributed by atoms with E-state index in [9.17, 15) is 4.79 Å². The van der Waals surface area contributed by atoms with Gasteiger partial charge in [-0.1, -0.05) is 18.7 Å². The zero-order chi connectivity index (χ0) is 10.4. The first-order chi connectivity index (χ1) is 6.70. The van der Waals surface area contributed by atoms with Crippen LogP contribution in [0.15, 0.2) is 11.5 Å². The summed E-state index contributed by atoms with van der Waals surface area (Å²) in [7, 11) is 0. The van der Waals surface area contributed by atoms with Crippen LogP contribution >= 0.6 is 11.8 Å². The van der Waals surface area contributed by atoms with Crippen LogP contribution in [0.3, 0.4) is 0 Å². The van der Waals surface area contributed by atoms with Crippen molar-refractivity contribution < 1.29 is 4.79 Å². The molecule has 14 heavy (non-hydrogen) atoms. The minimum Gasteiger partial charge on any atom is -0.369 e. The van der Waals surface area contributed by atoms with Gasteiger partial charge in [-0.3, -0.25) is 4.79 Å². The number of carbonyl (C=O) groups excluding carboxylic acids is 1. The van der Waals surface area contributed by atoms with Crippen molar-refractivity contribution in [1.29, 1.82) is 0 Å². The van der Waals surface area contributed by atoms with Crippen molar-refractivity contribution in [2.45, 2.75) is 18.5 Å².